The van der Waals surface area contributed by atoms with Gasteiger partial charge in [0.1, 0.15) is 5.82 Å². The fourth-order valence-corrected chi connectivity index (χ4v) is 6.42. The van der Waals surface area contributed by atoms with Gasteiger partial charge in [0.15, 0.2) is 11.6 Å². The van der Waals surface area contributed by atoms with Crippen molar-refractivity contribution in [3.63, 3.8) is 0 Å². The van der Waals surface area contributed by atoms with E-state index in [0.717, 1.165) is 45.7 Å². The second-order valence-electron chi connectivity index (χ2n) is 11.6. The number of ether oxygens (including phenoxy) is 1. The third-order valence-electron chi connectivity index (χ3n) is 8.68. The van der Waals surface area contributed by atoms with Gasteiger partial charge in [0, 0.05) is 57.4 Å². The van der Waals surface area contributed by atoms with Crippen molar-refractivity contribution in [3.05, 3.63) is 17.8 Å². The number of amides is 2. The molecule has 2 amide bonds. The molecule has 5 unspecified atom stereocenters. The topological polar surface area (TPSA) is 97.9 Å². The van der Waals surface area contributed by atoms with Gasteiger partial charge in [-0.15, -0.1) is 0 Å². The van der Waals surface area contributed by atoms with Gasteiger partial charge in [-0.2, -0.15) is 0 Å². The Bertz CT molecular complexity index is 958. The Balaban J connectivity index is 1.25. The first-order valence-corrected chi connectivity index (χ1v) is 13.3. The first-order chi connectivity index (χ1) is 17.1. The first-order valence-electron chi connectivity index (χ1n) is 13.3. The Hall–Kier alpha value is -2.08. The minimum absolute atomic E-state index is 0.0208. The van der Waals surface area contributed by atoms with Crippen LogP contribution in [0.3, 0.4) is 0 Å². The number of carbonyl (C=O) groups is 1. The number of hydrogen-bond donors (Lipinski definition) is 3. The van der Waals surface area contributed by atoms with Crippen LogP contribution in [0.2, 0.25) is 0 Å². The van der Waals surface area contributed by atoms with Gasteiger partial charge < -0.3 is 19.9 Å². The maximum Gasteiger partial charge on any atom is 0.320 e. The molecule has 10 nitrogen and oxygen atoms in total. The number of nitrogens with one attached hydrogen (secondary N) is 3. The van der Waals surface area contributed by atoms with Crippen LogP contribution >= 0.6 is 0 Å². The van der Waals surface area contributed by atoms with Crippen molar-refractivity contribution >= 4 is 11.8 Å². The Morgan fingerprint density at radius 3 is 2.69 bits per heavy atom. The van der Waals surface area contributed by atoms with Crippen LogP contribution in [0.1, 0.15) is 46.4 Å². The summed E-state index contributed by atoms with van der Waals surface area (Å²) >= 11 is 0. The molecule has 1 aromatic heterocycles. The van der Waals surface area contributed by atoms with Crippen molar-refractivity contribution in [2.75, 3.05) is 44.7 Å². The lowest BCUT2D eigenvalue weighted by atomic mass is 9.90. The van der Waals surface area contributed by atoms with E-state index in [9.17, 15) is 9.18 Å². The minimum Gasteiger partial charge on any atom is -0.381 e. The smallest absolute Gasteiger partial charge is 0.320 e. The van der Waals surface area contributed by atoms with E-state index in [1.165, 1.54) is 6.20 Å². The molecule has 0 spiro atoms. The third-order valence-corrected chi connectivity index (χ3v) is 8.68. The summed E-state index contributed by atoms with van der Waals surface area (Å²) in [7, 11) is 0. The van der Waals surface area contributed by atoms with E-state index in [0.29, 0.717) is 24.3 Å². The monoisotopic (exact) mass is 504 g/mol. The highest BCUT2D eigenvalue weighted by Gasteiger charge is 2.56. The Morgan fingerprint density at radius 2 is 1.94 bits per heavy atom. The number of hydrogen-bond acceptors (Lipinski definition) is 8. The van der Waals surface area contributed by atoms with Crippen LogP contribution in [0.4, 0.5) is 15.0 Å². The zero-order chi connectivity index (χ0) is 25.6. The number of anilines is 1. The number of nitrogens with zero attached hydrogens (tertiary/aromatic N) is 5. The molecule has 11 heteroatoms. The summed E-state index contributed by atoms with van der Waals surface area (Å²) in [6, 6.07) is 0.566. The zero-order valence-corrected chi connectivity index (χ0v) is 22.1. The third kappa shape index (κ3) is 4.78. The molecule has 5 heterocycles. The van der Waals surface area contributed by atoms with Gasteiger partial charge >= 0.3 is 6.03 Å². The molecule has 4 saturated heterocycles. The molecule has 0 aromatic carbocycles. The van der Waals surface area contributed by atoms with Gasteiger partial charge in [-0.1, -0.05) is 0 Å². The first kappa shape index (κ1) is 25.6. The standard InChI is InChI=1S/C25H41FN8O2/c1-15-12-33(16(2)11-32(15)13-18-6-8-36-9-7-18)24(35)34-14-19-21(25(34,4)5)30-31-22(19)29-23-20(26)10-27-17(3)28-23/h10,15-16,18-19,21-22,30-31H,6-9,11-14H2,1-5H3,(H,27,28,29). The Morgan fingerprint density at radius 1 is 1.19 bits per heavy atom. The van der Waals surface area contributed by atoms with Crippen LogP contribution in [-0.4, -0.2) is 99.9 Å². The molecule has 4 fully saturated rings. The predicted molar refractivity (Wildman–Crippen MR) is 135 cm³/mol. The number of piperazine rings is 1. The van der Waals surface area contributed by atoms with Crippen molar-refractivity contribution in [1.82, 2.24) is 35.5 Å². The van der Waals surface area contributed by atoms with Crippen LogP contribution in [0.5, 0.6) is 0 Å². The van der Waals surface area contributed by atoms with Crippen molar-refractivity contribution in [2.45, 2.75) is 77.3 Å². The summed E-state index contributed by atoms with van der Waals surface area (Å²) in [5, 5.41) is 3.19. The molecule has 5 atom stereocenters. The van der Waals surface area contributed by atoms with Crippen LogP contribution in [0, 0.1) is 24.6 Å². The quantitative estimate of drug-likeness (QED) is 0.571. The molecular formula is C25H41FN8O2. The second-order valence-corrected chi connectivity index (χ2v) is 11.6. The number of hydrazine groups is 1. The highest BCUT2D eigenvalue weighted by Crippen LogP contribution is 2.39. The van der Waals surface area contributed by atoms with E-state index in [2.05, 4.69) is 63.6 Å². The predicted octanol–water partition coefficient (Wildman–Crippen LogP) is 1.79. The van der Waals surface area contributed by atoms with Crippen molar-refractivity contribution < 1.29 is 13.9 Å². The normalized spacial score (nSPS) is 33.1. The molecular weight excluding hydrogens is 463 g/mol. The summed E-state index contributed by atoms with van der Waals surface area (Å²) in [6.07, 6.45) is 3.17. The van der Waals surface area contributed by atoms with E-state index < -0.39 is 11.4 Å². The SMILES string of the molecule is Cc1ncc(F)c(NC2NNC3C2CN(C(=O)N2CC(C)N(CC4CCOCC4)CC2C)C3(C)C)n1. The van der Waals surface area contributed by atoms with Gasteiger partial charge in [0.05, 0.1) is 23.9 Å². The lowest BCUT2D eigenvalue weighted by Gasteiger charge is -2.48. The Labute approximate surface area is 213 Å². The highest BCUT2D eigenvalue weighted by atomic mass is 19.1. The molecule has 4 aliphatic rings. The fourth-order valence-electron chi connectivity index (χ4n) is 6.42. The number of halogens is 1. The highest BCUT2D eigenvalue weighted by molar-refractivity contribution is 5.76. The van der Waals surface area contributed by atoms with E-state index in [1.54, 1.807) is 6.92 Å². The molecule has 200 valence electrons. The van der Waals surface area contributed by atoms with Crippen LogP contribution < -0.4 is 16.2 Å². The van der Waals surface area contributed by atoms with Gasteiger partial charge in [0.2, 0.25) is 0 Å². The zero-order valence-electron chi connectivity index (χ0n) is 22.1. The molecule has 4 aliphatic heterocycles. The molecule has 0 saturated carbocycles. The average molecular weight is 505 g/mol. The number of carbonyl (C=O) groups excluding carboxylic acids is 1. The molecule has 0 radical (unpaired) electrons. The molecule has 0 aliphatic carbocycles. The molecule has 1 aromatic rings. The summed E-state index contributed by atoms with van der Waals surface area (Å²) in [4.78, 5) is 28.7. The van der Waals surface area contributed by atoms with Gasteiger partial charge in [-0.05, 0) is 53.4 Å². The van der Waals surface area contributed by atoms with E-state index in [4.69, 9.17) is 4.74 Å². The summed E-state index contributed by atoms with van der Waals surface area (Å²) in [5.41, 5.74) is 6.21. The number of rotatable bonds is 4. The van der Waals surface area contributed by atoms with Crippen LogP contribution in [0.15, 0.2) is 6.20 Å². The van der Waals surface area contributed by atoms with Crippen molar-refractivity contribution in [3.8, 4) is 0 Å². The second kappa shape index (κ2) is 10.00. The number of likely N-dealkylation sites (tertiary alicyclic amines) is 1. The van der Waals surface area contributed by atoms with Crippen LogP contribution in [0.25, 0.3) is 0 Å². The molecule has 3 N–H and O–H groups in total. The minimum atomic E-state index is -0.488. The van der Waals surface area contributed by atoms with Gasteiger partial charge in [-0.25, -0.2) is 24.6 Å². The Kier molecular flexibility index (Phi) is 7.10. The van der Waals surface area contributed by atoms with E-state index in [1.807, 2.05) is 4.90 Å². The number of aryl methyl sites for hydroxylation is 1. The van der Waals surface area contributed by atoms with Gasteiger partial charge in [-0.3, -0.25) is 10.3 Å². The number of fused-ring (bicyclic) bond motifs is 1. The van der Waals surface area contributed by atoms with Crippen molar-refractivity contribution in [1.29, 1.82) is 0 Å². The lowest BCUT2D eigenvalue weighted by molar-refractivity contribution is 0.0105. The summed E-state index contributed by atoms with van der Waals surface area (Å²) in [5.74, 6) is 0.926. The van der Waals surface area contributed by atoms with Crippen LogP contribution in [-0.2, 0) is 4.74 Å². The molecule has 5 rings (SSSR count). The maximum atomic E-state index is 14.3. The molecule has 0 bridgehead atoms. The van der Waals surface area contributed by atoms with Crippen molar-refractivity contribution in [2.24, 2.45) is 11.8 Å². The largest absolute Gasteiger partial charge is 0.381 e. The van der Waals surface area contributed by atoms with E-state index >= 15 is 0 Å². The summed E-state index contributed by atoms with van der Waals surface area (Å²) < 4.78 is 19.8. The number of aromatic nitrogens is 2. The lowest BCUT2D eigenvalue weighted by Crippen LogP contribution is -2.64. The van der Waals surface area contributed by atoms with E-state index in [-0.39, 0.29) is 36.0 Å². The maximum absolute atomic E-state index is 14.3. The summed E-state index contributed by atoms with van der Waals surface area (Å²) in [6.45, 7) is 15.3. The number of urea groups is 1. The average Bonchev–Trinajstić information content (AvgIpc) is 3.36. The van der Waals surface area contributed by atoms with Gasteiger partial charge in [0.25, 0.3) is 0 Å². The molecule has 36 heavy (non-hydrogen) atoms. The fraction of sp³-hybridized carbons (Fsp3) is 0.800.